The van der Waals surface area contributed by atoms with Crippen LogP contribution in [0.1, 0.15) is 68.9 Å². The number of furan rings is 1. The van der Waals surface area contributed by atoms with Crippen molar-refractivity contribution in [2.75, 3.05) is 0 Å². The highest BCUT2D eigenvalue weighted by atomic mass is 16.3. The summed E-state index contributed by atoms with van der Waals surface area (Å²) in [4.78, 5) is 40.8. The van der Waals surface area contributed by atoms with Gasteiger partial charge in [-0.1, -0.05) is 49.1 Å². The van der Waals surface area contributed by atoms with Crippen LogP contribution in [-0.2, 0) is 20.9 Å². The number of aryl methyl sites for hydroxylation is 1. The van der Waals surface area contributed by atoms with Crippen LogP contribution in [0.15, 0.2) is 47.1 Å². The topological polar surface area (TPSA) is 91.7 Å². The monoisotopic (exact) mass is 439 g/mol. The number of amides is 3. The minimum atomic E-state index is -0.935. The molecule has 1 aliphatic rings. The first-order valence-corrected chi connectivity index (χ1v) is 11.4. The number of hydrogen-bond acceptors (Lipinski definition) is 4. The number of carbonyl (C=O) groups is 3. The Morgan fingerprint density at radius 1 is 1.06 bits per heavy atom. The number of nitrogens with one attached hydrogen (secondary N) is 2. The minimum absolute atomic E-state index is 0.0137. The Bertz CT molecular complexity index is 900. The number of carbonyl (C=O) groups excluding carboxylic acids is 3. The van der Waals surface area contributed by atoms with Crippen molar-refractivity contribution in [3.8, 4) is 0 Å². The molecule has 0 spiro atoms. The maximum absolute atomic E-state index is 13.3. The molecule has 32 heavy (non-hydrogen) atoms. The summed E-state index contributed by atoms with van der Waals surface area (Å²) in [6.07, 6.45) is 6.56. The van der Waals surface area contributed by atoms with Crippen LogP contribution >= 0.6 is 0 Å². The molecule has 172 valence electrons. The first kappa shape index (κ1) is 23.6. The van der Waals surface area contributed by atoms with Gasteiger partial charge in [0.2, 0.25) is 5.91 Å². The quantitative estimate of drug-likeness (QED) is 0.645. The van der Waals surface area contributed by atoms with E-state index in [9.17, 15) is 14.4 Å². The lowest BCUT2D eigenvalue weighted by Gasteiger charge is -2.34. The van der Waals surface area contributed by atoms with Crippen LogP contribution in [0.25, 0.3) is 0 Å². The van der Waals surface area contributed by atoms with Crippen molar-refractivity contribution in [1.29, 1.82) is 0 Å². The van der Waals surface area contributed by atoms with Gasteiger partial charge in [-0.3, -0.25) is 14.4 Å². The highest BCUT2D eigenvalue weighted by Crippen LogP contribution is 2.25. The van der Waals surface area contributed by atoms with Crippen LogP contribution in [0.3, 0.4) is 0 Å². The van der Waals surface area contributed by atoms with Gasteiger partial charge >= 0.3 is 11.8 Å². The van der Waals surface area contributed by atoms with Crippen LogP contribution in [0.2, 0.25) is 0 Å². The molecule has 3 rings (SSSR count). The molecule has 0 bridgehead atoms. The average Bonchev–Trinajstić information content (AvgIpc) is 3.30. The molecule has 3 amide bonds. The van der Waals surface area contributed by atoms with Crippen LogP contribution in [0.5, 0.6) is 0 Å². The summed E-state index contributed by atoms with van der Waals surface area (Å²) in [6.45, 7) is 5.78. The maximum atomic E-state index is 13.3. The average molecular weight is 440 g/mol. The zero-order chi connectivity index (χ0) is 23.1. The molecule has 2 N–H and O–H groups in total. The zero-order valence-corrected chi connectivity index (χ0v) is 19.1. The molecular formula is C25H33N3O4. The van der Waals surface area contributed by atoms with Crippen molar-refractivity contribution >= 4 is 17.7 Å². The second-order valence-corrected chi connectivity index (χ2v) is 8.72. The standard InChI is InChI=1S/C25H33N3O4/c1-17(2)28(25(31)24(30)27-20-8-5-4-6-9-20)22(19-13-11-18(3)12-14-19)23(29)26-16-21-10-7-15-32-21/h7,10-15,17,20,22H,4-6,8-9,16H2,1-3H3,(H,26,29)(H,27,30). The van der Waals surface area contributed by atoms with Gasteiger partial charge in [0.1, 0.15) is 11.8 Å². The Kier molecular flexibility index (Phi) is 8.09. The fourth-order valence-corrected chi connectivity index (χ4v) is 4.13. The van der Waals surface area contributed by atoms with Gasteiger partial charge in [-0.15, -0.1) is 0 Å². The summed E-state index contributed by atoms with van der Waals surface area (Å²) in [5.41, 5.74) is 1.70. The van der Waals surface area contributed by atoms with E-state index >= 15 is 0 Å². The normalized spacial score (nSPS) is 15.2. The smallest absolute Gasteiger partial charge is 0.313 e. The summed E-state index contributed by atoms with van der Waals surface area (Å²) in [6, 6.07) is 9.68. The van der Waals surface area contributed by atoms with Gasteiger partial charge in [0, 0.05) is 12.1 Å². The van der Waals surface area contributed by atoms with Gasteiger partial charge in [-0.25, -0.2) is 0 Å². The number of benzene rings is 1. The molecule has 1 saturated carbocycles. The molecule has 1 aliphatic carbocycles. The fourth-order valence-electron chi connectivity index (χ4n) is 4.13. The first-order chi connectivity index (χ1) is 15.4. The number of rotatable bonds is 7. The molecule has 0 aliphatic heterocycles. The predicted octanol–water partition coefficient (Wildman–Crippen LogP) is 3.63. The Labute approximate surface area is 189 Å². The van der Waals surface area contributed by atoms with Gasteiger partial charge in [0.25, 0.3) is 0 Å². The molecule has 1 fully saturated rings. The van der Waals surface area contributed by atoms with Crippen molar-refractivity contribution in [3.05, 3.63) is 59.5 Å². The van der Waals surface area contributed by atoms with E-state index in [1.165, 1.54) is 4.90 Å². The van der Waals surface area contributed by atoms with Gasteiger partial charge in [0.05, 0.1) is 12.8 Å². The lowest BCUT2D eigenvalue weighted by Crippen LogP contribution is -2.53. The largest absolute Gasteiger partial charge is 0.467 e. The molecule has 1 aromatic heterocycles. The molecule has 1 unspecified atom stereocenters. The lowest BCUT2D eigenvalue weighted by atomic mass is 9.95. The molecule has 2 aromatic rings. The van der Waals surface area contributed by atoms with Crippen LogP contribution in [0.4, 0.5) is 0 Å². The minimum Gasteiger partial charge on any atom is -0.467 e. The molecule has 1 aromatic carbocycles. The van der Waals surface area contributed by atoms with E-state index < -0.39 is 17.9 Å². The Hall–Kier alpha value is -3.09. The van der Waals surface area contributed by atoms with Crippen molar-refractivity contribution in [2.24, 2.45) is 0 Å². The van der Waals surface area contributed by atoms with Gasteiger partial charge < -0.3 is 20.0 Å². The van der Waals surface area contributed by atoms with E-state index in [4.69, 9.17) is 4.42 Å². The Morgan fingerprint density at radius 2 is 1.75 bits per heavy atom. The zero-order valence-electron chi connectivity index (χ0n) is 19.1. The second-order valence-electron chi connectivity index (χ2n) is 8.72. The summed E-state index contributed by atoms with van der Waals surface area (Å²) in [5, 5.41) is 5.74. The molecule has 1 atom stereocenters. The van der Waals surface area contributed by atoms with E-state index in [-0.39, 0.29) is 24.5 Å². The van der Waals surface area contributed by atoms with E-state index in [0.717, 1.165) is 37.7 Å². The van der Waals surface area contributed by atoms with Crippen LogP contribution in [-0.4, -0.2) is 34.7 Å². The molecule has 7 heteroatoms. The maximum Gasteiger partial charge on any atom is 0.313 e. The van der Waals surface area contributed by atoms with Crippen LogP contribution in [0, 0.1) is 6.92 Å². The molecule has 0 saturated heterocycles. The van der Waals surface area contributed by atoms with E-state index in [1.54, 1.807) is 18.4 Å². The van der Waals surface area contributed by atoms with Gasteiger partial charge in [-0.2, -0.15) is 0 Å². The predicted molar refractivity (Wildman–Crippen MR) is 121 cm³/mol. The second kappa shape index (κ2) is 11.0. The summed E-state index contributed by atoms with van der Waals surface area (Å²) in [5.74, 6) is -1.10. The van der Waals surface area contributed by atoms with E-state index in [2.05, 4.69) is 10.6 Å². The van der Waals surface area contributed by atoms with Crippen LogP contribution < -0.4 is 10.6 Å². The SMILES string of the molecule is Cc1ccc(C(C(=O)NCc2ccco2)N(C(=O)C(=O)NC2CCCCC2)C(C)C)cc1. The van der Waals surface area contributed by atoms with Crippen molar-refractivity contribution in [2.45, 2.75) is 77.5 Å². The van der Waals surface area contributed by atoms with E-state index in [1.807, 2.05) is 45.0 Å². The molecular weight excluding hydrogens is 406 g/mol. The van der Waals surface area contributed by atoms with Crippen molar-refractivity contribution in [1.82, 2.24) is 15.5 Å². The molecule has 1 heterocycles. The lowest BCUT2D eigenvalue weighted by molar-refractivity contribution is -0.152. The van der Waals surface area contributed by atoms with Crippen molar-refractivity contribution < 1.29 is 18.8 Å². The fraction of sp³-hybridized carbons (Fsp3) is 0.480. The molecule has 7 nitrogen and oxygen atoms in total. The summed E-state index contributed by atoms with van der Waals surface area (Å²) >= 11 is 0. The third-order valence-electron chi connectivity index (χ3n) is 5.86. The third kappa shape index (κ3) is 5.99. The van der Waals surface area contributed by atoms with E-state index in [0.29, 0.717) is 11.3 Å². The Balaban J connectivity index is 1.84. The number of hydrogen-bond donors (Lipinski definition) is 2. The summed E-state index contributed by atoms with van der Waals surface area (Å²) < 4.78 is 5.30. The highest BCUT2D eigenvalue weighted by molar-refractivity contribution is 6.35. The Morgan fingerprint density at radius 3 is 2.34 bits per heavy atom. The summed E-state index contributed by atoms with van der Waals surface area (Å²) in [7, 11) is 0. The first-order valence-electron chi connectivity index (χ1n) is 11.4. The highest BCUT2D eigenvalue weighted by Gasteiger charge is 2.37. The van der Waals surface area contributed by atoms with Crippen molar-refractivity contribution in [3.63, 3.8) is 0 Å². The van der Waals surface area contributed by atoms with Gasteiger partial charge in [-0.05, 0) is 51.3 Å². The molecule has 0 radical (unpaired) electrons. The van der Waals surface area contributed by atoms with Gasteiger partial charge in [0.15, 0.2) is 0 Å². The number of nitrogens with zero attached hydrogens (tertiary/aromatic N) is 1. The third-order valence-corrected chi connectivity index (χ3v) is 5.86.